The Kier molecular flexibility index (Phi) is 6.63. The van der Waals surface area contributed by atoms with Gasteiger partial charge in [-0.05, 0) is 63.9 Å². The summed E-state index contributed by atoms with van der Waals surface area (Å²) in [6.45, 7) is 7.36. The molecule has 0 bridgehead atoms. The second-order valence-electron chi connectivity index (χ2n) is 7.38. The van der Waals surface area contributed by atoms with E-state index in [1.165, 1.54) is 31.5 Å². The molecule has 1 aromatic heterocycles. The maximum atomic E-state index is 5.46. The lowest BCUT2D eigenvalue weighted by Gasteiger charge is -2.33. The predicted molar refractivity (Wildman–Crippen MR) is 103 cm³/mol. The number of likely N-dealkylation sites (tertiary alicyclic amines) is 1. The number of aryl methyl sites for hydroxylation is 1. The van der Waals surface area contributed by atoms with Gasteiger partial charge in [0.2, 0.25) is 0 Å². The Morgan fingerprint density at radius 3 is 2.73 bits per heavy atom. The van der Waals surface area contributed by atoms with Crippen LogP contribution < -0.4 is 4.74 Å². The Bertz CT molecular complexity index is 678. The normalized spacial score (nSPS) is 16.3. The molecular weight excluding hydrogens is 326 g/mol. The zero-order chi connectivity index (χ0) is 18.4. The van der Waals surface area contributed by atoms with Crippen LogP contribution in [-0.2, 0) is 13.0 Å². The van der Waals surface area contributed by atoms with Crippen molar-refractivity contribution < 1.29 is 4.74 Å². The smallest absolute Gasteiger partial charge is 0.164 e. The number of rotatable bonds is 8. The maximum Gasteiger partial charge on any atom is 0.164 e. The molecule has 0 radical (unpaired) electrons. The standard InChI is InChI=1S/C20H31N5O/c1-16-21-20(23-22-16)15-24(2)14-17-8-11-25(12-9-17)13-10-18-6-4-5-7-19(18)26-3/h4-7,17H,8-15H2,1-3H3,(H,21,22,23). The molecule has 1 aliphatic rings. The molecule has 2 heterocycles. The quantitative estimate of drug-likeness (QED) is 0.787. The van der Waals surface area contributed by atoms with Gasteiger partial charge in [0.1, 0.15) is 11.6 Å². The summed E-state index contributed by atoms with van der Waals surface area (Å²) in [4.78, 5) is 9.33. The maximum absolute atomic E-state index is 5.46. The van der Waals surface area contributed by atoms with Crippen LogP contribution in [0.5, 0.6) is 5.75 Å². The molecule has 26 heavy (non-hydrogen) atoms. The van der Waals surface area contributed by atoms with Gasteiger partial charge in [0.25, 0.3) is 0 Å². The minimum atomic E-state index is 0.766. The van der Waals surface area contributed by atoms with Gasteiger partial charge in [-0.15, -0.1) is 0 Å². The first-order valence-electron chi connectivity index (χ1n) is 9.54. The van der Waals surface area contributed by atoms with Crippen LogP contribution in [0.2, 0.25) is 0 Å². The lowest BCUT2D eigenvalue weighted by Crippen LogP contribution is -2.38. The van der Waals surface area contributed by atoms with Crippen molar-refractivity contribution in [3.8, 4) is 5.75 Å². The van der Waals surface area contributed by atoms with Crippen molar-refractivity contribution >= 4 is 0 Å². The largest absolute Gasteiger partial charge is 0.496 e. The third-order valence-corrected chi connectivity index (χ3v) is 5.22. The Morgan fingerprint density at radius 1 is 1.27 bits per heavy atom. The Labute approximate surface area is 156 Å². The number of nitrogens with one attached hydrogen (secondary N) is 1. The fraction of sp³-hybridized carbons (Fsp3) is 0.600. The Balaban J connectivity index is 1.38. The number of aromatic amines is 1. The van der Waals surface area contributed by atoms with E-state index in [2.05, 4.69) is 44.2 Å². The number of methoxy groups -OCH3 is 1. The summed E-state index contributed by atoms with van der Waals surface area (Å²) in [5, 5.41) is 7.15. The molecule has 2 aromatic rings. The molecule has 1 saturated heterocycles. The molecule has 1 aliphatic heterocycles. The summed E-state index contributed by atoms with van der Waals surface area (Å²) in [6, 6.07) is 8.35. The van der Waals surface area contributed by atoms with E-state index in [1.807, 2.05) is 19.1 Å². The minimum Gasteiger partial charge on any atom is -0.496 e. The average molecular weight is 358 g/mol. The third kappa shape index (κ3) is 5.29. The van der Waals surface area contributed by atoms with Crippen LogP contribution in [0.3, 0.4) is 0 Å². The number of H-pyrrole nitrogens is 1. The molecule has 0 unspecified atom stereocenters. The lowest BCUT2D eigenvalue weighted by molar-refractivity contribution is 0.152. The van der Waals surface area contributed by atoms with Gasteiger partial charge in [-0.25, -0.2) is 4.98 Å². The summed E-state index contributed by atoms with van der Waals surface area (Å²) in [7, 11) is 3.92. The average Bonchev–Trinajstić information content (AvgIpc) is 3.06. The first-order chi connectivity index (χ1) is 12.6. The van der Waals surface area contributed by atoms with Crippen LogP contribution in [-0.4, -0.2) is 65.3 Å². The molecule has 1 aromatic carbocycles. The van der Waals surface area contributed by atoms with Crippen LogP contribution >= 0.6 is 0 Å². The highest BCUT2D eigenvalue weighted by Gasteiger charge is 2.21. The van der Waals surface area contributed by atoms with Crippen LogP contribution in [0.15, 0.2) is 24.3 Å². The number of piperidine rings is 1. The van der Waals surface area contributed by atoms with Crippen molar-refractivity contribution in [1.29, 1.82) is 0 Å². The van der Waals surface area contributed by atoms with Crippen LogP contribution in [0, 0.1) is 12.8 Å². The van der Waals surface area contributed by atoms with Gasteiger partial charge in [0.15, 0.2) is 5.82 Å². The van der Waals surface area contributed by atoms with E-state index in [0.29, 0.717) is 0 Å². The SMILES string of the molecule is COc1ccccc1CCN1CCC(CN(C)Cc2n[nH]c(C)n2)CC1. The Morgan fingerprint density at radius 2 is 2.04 bits per heavy atom. The fourth-order valence-corrected chi connectivity index (χ4v) is 3.79. The highest BCUT2D eigenvalue weighted by molar-refractivity contribution is 5.33. The van der Waals surface area contributed by atoms with Crippen molar-refractivity contribution in [2.24, 2.45) is 5.92 Å². The summed E-state index contributed by atoms with van der Waals surface area (Å²) >= 11 is 0. The number of benzene rings is 1. The summed E-state index contributed by atoms with van der Waals surface area (Å²) in [5.41, 5.74) is 1.30. The van der Waals surface area contributed by atoms with Gasteiger partial charge in [-0.3, -0.25) is 10.00 Å². The third-order valence-electron chi connectivity index (χ3n) is 5.22. The molecule has 0 spiro atoms. The lowest BCUT2D eigenvalue weighted by atomic mass is 9.96. The highest BCUT2D eigenvalue weighted by atomic mass is 16.5. The number of ether oxygens (including phenoxy) is 1. The minimum absolute atomic E-state index is 0.766. The van der Waals surface area contributed by atoms with Crippen molar-refractivity contribution in [1.82, 2.24) is 25.0 Å². The highest BCUT2D eigenvalue weighted by Crippen LogP contribution is 2.21. The molecular formula is C20H31N5O. The molecule has 0 atom stereocenters. The monoisotopic (exact) mass is 357 g/mol. The van der Waals surface area contributed by atoms with E-state index in [-0.39, 0.29) is 0 Å². The molecule has 0 aliphatic carbocycles. The predicted octanol–water partition coefficient (Wildman–Crippen LogP) is 2.51. The van der Waals surface area contributed by atoms with E-state index in [4.69, 9.17) is 4.74 Å². The number of hydrogen-bond acceptors (Lipinski definition) is 5. The number of nitrogens with zero attached hydrogens (tertiary/aromatic N) is 4. The van der Waals surface area contributed by atoms with E-state index < -0.39 is 0 Å². The Hall–Kier alpha value is -1.92. The summed E-state index contributed by atoms with van der Waals surface area (Å²) in [5.74, 6) is 3.55. The first kappa shape index (κ1) is 18.9. The van der Waals surface area contributed by atoms with Crippen molar-refractivity contribution in [3.63, 3.8) is 0 Å². The van der Waals surface area contributed by atoms with Gasteiger partial charge in [0, 0.05) is 13.1 Å². The number of aromatic nitrogens is 3. The summed E-state index contributed by atoms with van der Waals surface area (Å²) in [6.07, 6.45) is 3.59. The van der Waals surface area contributed by atoms with Gasteiger partial charge < -0.3 is 9.64 Å². The second kappa shape index (κ2) is 9.14. The van der Waals surface area contributed by atoms with Gasteiger partial charge in [0.05, 0.1) is 13.7 Å². The van der Waals surface area contributed by atoms with Crippen molar-refractivity contribution in [3.05, 3.63) is 41.5 Å². The molecule has 6 nitrogen and oxygen atoms in total. The molecule has 0 amide bonds. The number of hydrogen-bond donors (Lipinski definition) is 1. The van der Waals surface area contributed by atoms with Gasteiger partial charge >= 0.3 is 0 Å². The molecule has 3 rings (SSSR count). The van der Waals surface area contributed by atoms with E-state index in [0.717, 1.165) is 49.4 Å². The van der Waals surface area contributed by atoms with Gasteiger partial charge in [-0.2, -0.15) is 5.10 Å². The van der Waals surface area contributed by atoms with Crippen molar-refractivity contribution in [2.75, 3.05) is 40.3 Å². The molecule has 6 heteroatoms. The first-order valence-corrected chi connectivity index (χ1v) is 9.54. The van der Waals surface area contributed by atoms with Gasteiger partial charge in [-0.1, -0.05) is 18.2 Å². The van der Waals surface area contributed by atoms with E-state index in [9.17, 15) is 0 Å². The van der Waals surface area contributed by atoms with Crippen LogP contribution in [0.1, 0.15) is 30.1 Å². The molecule has 1 N–H and O–H groups in total. The van der Waals surface area contributed by atoms with Crippen LogP contribution in [0.4, 0.5) is 0 Å². The molecule has 0 saturated carbocycles. The topological polar surface area (TPSA) is 57.3 Å². The zero-order valence-corrected chi connectivity index (χ0v) is 16.2. The molecule has 1 fully saturated rings. The zero-order valence-electron chi connectivity index (χ0n) is 16.2. The fourth-order valence-electron chi connectivity index (χ4n) is 3.79. The number of para-hydroxylation sites is 1. The summed E-state index contributed by atoms with van der Waals surface area (Å²) < 4.78 is 5.46. The van der Waals surface area contributed by atoms with Crippen molar-refractivity contribution in [2.45, 2.75) is 32.7 Å². The second-order valence-corrected chi connectivity index (χ2v) is 7.38. The van der Waals surface area contributed by atoms with E-state index >= 15 is 0 Å². The van der Waals surface area contributed by atoms with Crippen LogP contribution in [0.25, 0.3) is 0 Å². The molecule has 142 valence electrons. The van der Waals surface area contributed by atoms with E-state index in [1.54, 1.807) is 7.11 Å².